The number of rotatable bonds is 12. The Labute approximate surface area is 193 Å². The van der Waals surface area contributed by atoms with E-state index >= 15 is 0 Å². The molecule has 2 aromatic rings. The average Bonchev–Trinajstić information content (AvgIpc) is 2.72. The Kier molecular flexibility index (Phi) is 8.56. The van der Waals surface area contributed by atoms with Crippen LogP contribution in [0.4, 0.5) is 0 Å². The maximum atomic E-state index is 11.8. The van der Waals surface area contributed by atoms with Gasteiger partial charge in [-0.1, -0.05) is 36.6 Å². The van der Waals surface area contributed by atoms with E-state index in [1.807, 2.05) is 36.4 Å². The van der Waals surface area contributed by atoms with Crippen LogP contribution in [0.5, 0.6) is 11.5 Å². The number of carboxylic acid groups (broad SMARTS) is 1. The summed E-state index contributed by atoms with van der Waals surface area (Å²) in [5.74, 6) is 0.383. The predicted octanol–water partition coefficient (Wildman–Crippen LogP) is 3.43. The highest BCUT2D eigenvalue weighted by atomic mass is 35.5. The first-order valence-electron chi connectivity index (χ1n) is 10.9. The number of carboxylic acids is 1. The van der Waals surface area contributed by atoms with Crippen LogP contribution < -0.4 is 15.8 Å². The van der Waals surface area contributed by atoms with E-state index in [1.165, 1.54) is 0 Å². The molecule has 6 N–H and O–H groups in total. The molecule has 0 spiro atoms. The number of halogens is 1. The van der Waals surface area contributed by atoms with Gasteiger partial charge < -0.3 is 30.9 Å². The van der Waals surface area contributed by atoms with Crippen molar-refractivity contribution in [2.24, 2.45) is 11.7 Å². The van der Waals surface area contributed by atoms with E-state index in [1.54, 1.807) is 12.1 Å². The van der Waals surface area contributed by atoms with Crippen molar-refractivity contribution in [1.29, 1.82) is 0 Å². The third-order valence-electron chi connectivity index (χ3n) is 6.14. The van der Waals surface area contributed by atoms with Gasteiger partial charge in [0.15, 0.2) is 0 Å². The van der Waals surface area contributed by atoms with E-state index in [0.717, 1.165) is 17.1 Å². The summed E-state index contributed by atoms with van der Waals surface area (Å²) in [5.41, 5.74) is 6.09. The van der Waals surface area contributed by atoms with E-state index < -0.39 is 18.6 Å². The molecule has 1 saturated carbocycles. The van der Waals surface area contributed by atoms with Gasteiger partial charge >= 0.3 is 13.1 Å². The van der Waals surface area contributed by atoms with Crippen molar-refractivity contribution in [3.05, 3.63) is 59.1 Å². The molecule has 0 aliphatic heterocycles. The summed E-state index contributed by atoms with van der Waals surface area (Å²) in [6, 6.07) is 15.2. The third-order valence-corrected chi connectivity index (χ3v) is 6.39. The molecule has 0 heterocycles. The van der Waals surface area contributed by atoms with Gasteiger partial charge in [-0.25, -0.2) is 0 Å². The van der Waals surface area contributed by atoms with E-state index in [0.29, 0.717) is 43.7 Å². The monoisotopic (exact) mass is 460 g/mol. The van der Waals surface area contributed by atoms with Crippen LogP contribution in [-0.2, 0) is 11.3 Å². The van der Waals surface area contributed by atoms with Crippen LogP contribution in [0.15, 0.2) is 48.5 Å². The standard InChI is InChI=1S/C23H30BClN2O5/c25-18-5-9-21(10-6-18)32-20-7-3-16(4-8-20)15-27-19-13-17(14-19)23(26,22(28)29)11-1-2-12-24(30)31/h3-10,17,19,27,30-31H,1-2,11-15,26H2,(H,28,29)/t17-,19+,23?. The lowest BCUT2D eigenvalue weighted by Gasteiger charge is -2.45. The highest BCUT2D eigenvalue weighted by molar-refractivity contribution is 6.40. The number of unbranched alkanes of at least 4 members (excludes halogenated alkanes) is 1. The van der Waals surface area contributed by atoms with Crippen LogP contribution in [0.2, 0.25) is 11.3 Å². The molecule has 9 heteroatoms. The fourth-order valence-electron chi connectivity index (χ4n) is 4.01. The lowest BCUT2D eigenvalue weighted by atomic mass is 9.66. The smallest absolute Gasteiger partial charge is 0.451 e. The maximum Gasteiger partial charge on any atom is 0.451 e. The van der Waals surface area contributed by atoms with E-state index in [-0.39, 0.29) is 18.3 Å². The second kappa shape index (κ2) is 11.2. The second-order valence-corrected chi connectivity index (χ2v) is 8.95. The Morgan fingerprint density at radius 2 is 1.69 bits per heavy atom. The molecule has 1 fully saturated rings. The van der Waals surface area contributed by atoms with Crippen LogP contribution in [0.25, 0.3) is 0 Å². The molecule has 0 aromatic heterocycles. The van der Waals surface area contributed by atoms with Crippen LogP contribution in [0.3, 0.4) is 0 Å². The Balaban J connectivity index is 1.42. The molecule has 0 saturated heterocycles. The molecular weight excluding hydrogens is 431 g/mol. The normalized spacial score (nSPS) is 19.6. The zero-order valence-electron chi connectivity index (χ0n) is 17.9. The largest absolute Gasteiger partial charge is 0.480 e. The van der Waals surface area contributed by atoms with Gasteiger partial charge in [0, 0.05) is 17.6 Å². The Morgan fingerprint density at radius 1 is 1.09 bits per heavy atom. The predicted molar refractivity (Wildman–Crippen MR) is 125 cm³/mol. The molecule has 0 radical (unpaired) electrons. The summed E-state index contributed by atoms with van der Waals surface area (Å²) in [6.45, 7) is 0.678. The molecule has 0 bridgehead atoms. The SMILES string of the molecule is NC(CCCCB(O)O)(C(=O)O)[C@H]1C[C@@H](NCc2ccc(Oc3ccc(Cl)cc3)cc2)C1. The summed E-state index contributed by atoms with van der Waals surface area (Å²) < 4.78 is 5.80. The van der Waals surface area contributed by atoms with Gasteiger partial charge in [-0.2, -0.15) is 0 Å². The minimum absolute atomic E-state index is 0.0910. The molecular formula is C23H30BClN2O5. The molecule has 172 valence electrons. The van der Waals surface area contributed by atoms with E-state index in [9.17, 15) is 9.90 Å². The van der Waals surface area contributed by atoms with E-state index in [2.05, 4.69) is 5.32 Å². The van der Waals surface area contributed by atoms with Crippen LogP contribution >= 0.6 is 11.6 Å². The molecule has 3 rings (SSSR count). The summed E-state index contributed by atoms with van der Waals surface area (Å²) in [4.78, 5) is 11.8. The van der Waals surface area contributed by atoms with Crippen LogP contribution in [-0.4, -0.2) is 39.8 Å². The highest BCUT2D eigenvalue weighted by Crippen LogP contribution is 2.38. The third kappa shape index (κ3) is 6.70. The molecule has 1 atom stereocenters. The number of carbonyl (C=O) groups is 1. The van der Waals surface area contributed by atoms with Crippen molar-refractivity contribution in [2.75, 3.05) is 0 Å². The zero-order valence-corrected chi connectivity index (χ0v) is 18.7. The number of aliphatic carboxylic acids is 1. The van der Waals surface area contributed by atoms with Crippen molar-refractivity contribution >= 4 is 24.7 Å². The maximum absolute atomic E-state index is 11.8. The van der Waals surface area contributed by atoms with E-state index in [4.69, 9.17) is 32.1 Å². The van der Waals surface area contributed by atoms with Crippen molar-refractivity contribution in [1.82, 2.24) is 5.32 Å². The van der Waals surface area contributed by atoms with Crippen LogP contribution in [0.1, 0.15) is 37.7 Å². The van der Waals surface area contributed by atoms with Gasteiger partial charge in [0.1, 0.15) is 17.0 Å². The molecule has 2 aromatic carbocycles. The molecule has 0 amide bonds. The number of hydrogen-bond acceptors (Lipinski definition) is 6. The average molecular weight is 461 g/mol. The van der Waals surface area contributed by atoms with Gasteiger partial charge in [0.2, 0.25) is 0 Å². The minimum Gasteiger partial charge on any atom is -0.480 e. The van der Waals surface area contributed by atoms with Gasteiger partial charge in [0.05, 0.1) is 0 Å². The summed E-state index contributed by atoms with van der Waals surface area (Å²) in [5, 5.41) is 31.6. The Bertz CT molecular complexity index is 875. The summed E-state index contributed by atoms with van der Waals surface area (Å²) >= 11 is 5.89. The first-order chi connectivity index (χ1) is 15.3. The molecule has 32 heavy (non-hydrogen) atoms. The lowest BCUT2D eigenvalue weighted by molar-refractivity contribution is -0.148. The lowest BCUT2D eigenvalue weighted by Crippen LogP contribution is -2.61. The first kappa shape index (κ1) is 24.5. The molecule has 1 aliphatic carbocycles. The van der Waals surface area contributed by atoms with Gasteiger partial charge in [-0.05, 0) is 73.5 Å². The number of nitrogens with two attached hydrogens (primary N) is 1. The molecule has 1 unspecified atom stereocenters. The van der Waals surface area contributed by atoms with Crippen molar-refractivity contribution in [3.63, 3.8) is 0 Å². The molecule has 1 aliphatic rings. The molecule has 7 nitrogen and oxygen atoms in total. The number of benzene rings is 2. The number of hydrogen-bond donors (Lipinski definition) is 5. The summed E-state index contributed by atoms with van der Waals surface area (Å²) in [7, 11) is -1.36. The second-order valence-electron chi connectivity index (χ2n) is 8.52. The Hall–Kier alpha value is -2.10. The van der Waals surface area contributed by atoms with Crippen molar-refractivity contribution < 1.29 is 24.7 Å². The summed E-state index contributed by atoms with van der Waals surface area (Å²) in [6.07, 6.45) is 3.08. The van der Waals surface area contributed by atoms with Gasteiger partial charge in [0.25, 0.3) is 0 Å². The number of ether oxygens (including phenoxy) is 1. The number of nitrogens with one attached hydrogen (secondary N) is 1. The minimum atomic E-state index is -1.36. The van der Waals surface area contributed by atoms with Gasteiger partial charge in [-0.3, -0.25) is 4.79 Å². The fourth-order valence-corrected chi connectivity index (χ4v) is 4.14. The zero-order chi connectivity index (χ0) is 23.1. The topological polar surface area (TPSA) is 125 Å². The fraction of sp³-hybridized carbons (Fsp3) is 0.435. The van der Waals surface area contributed by atoms with Gasteiger partial charge in [-0.15, -0.1) is 0 Å². The van der Waals surface area contributed by atoms with Crippen molar-refractivity contribution in [2.45, 2.75) is 56.5 Å². The quantitative estimate of drug-likeness (QED) is 0.243. The Morgan fingerprint density at radius 3 is 2.25 bits per heavy atom. The van der Waals surface area contributed by atoms with Crippen LogP contribution in [0, 0.1) is 5.92 Å². The highest BCUT2D eigenvalue weighted by Gasteiger charge is 2.48. The van der Waals surface area contributed by atoms with Crippen molar-refractivity contribution in [3.8, 4) is 11.5 Å². The first-order valence-corrected chi connectivity index (χ1v) is 11.3.